The van der Waals surface area contributed by atoms with E-state index in [1.807, 2.05) is 6.92 Å². The standard InChI is InChI=1S/C12H20N2O2/c1-3-16-12(15)14-13-8(2)11-7-9-4-5-10(11)6-9/h9-11H,3-7H2,1-2H3,(H,14,15)/b13-8-/t9-,10-,11+/m1/s1. The molecule has 4 heteroatoms. The molecular weight excluding hydrogens is 204 g/mol. The van der Waals surface area contributed by atoms with E-state index in [9.17, 15) is 4.79 Å². The van der Waals surface area contributed by atoms with Gasteiger partial charge in [-0.2, -0.15) is 5.10 Å². The number of nitrogens with one attached hydrogen (secondary N) is 1. The minimum Gasteiger partial charge on any atom is -0.449 e. The molecule has 4 nitrogen and oxygen atoms in total. The second kappa shape index (κ2) is 4.85. The number of ether oxygens (including phenoxy) is 1. The van der Waals surface area contributed by atoms with Gasteiger partial charge >= 0.3 is 6.09 Å². The van der Waals surface area contributed by atoms with Gasteiger partial charge in [0, 0.05) is 11.6 Å². The minimum atomic E-state index is -0.454. The highest BCUT2D eigenvalue weighted by molar-refractivity contribution is 5.86. The molecule has 0 aliphatic heterocycles. The van der Waals surface area contributed by atoms with Gasteiger partial charge in [-0.3, -0.25) is 0 Å². The van der Waals surface area contributed by atoms with Crippen LogP contribution in [0.1, 0.15) is 39.5 Å². The summed E-state index contributed by atoms with van der Waals surface area (Å²) in [4.78, 5) is 11.1. The highest BCUT2D eigenvalue weighted by atomic mass is 16.5. The molecule has 0 aromatic heterocycles. The second-order valence-electron chi connectivity index (χ2n) is 4.87. The largest absolute Gasteiger partial charge is 0.449 e. The predicted molar refractivity (Wildman–Crippen MR) is 62.2 cm³/mol. The van der Waals surface area contributed by atoms with E-state index < -0.39 is 6.09 Å². The average Bonchev–Trinajstić information content (AvgIpc) is 2.88. The fraction of sp³-hybridized carbons (Fsp3) is 0.833. The molecular formula is C12H20N2O2. The van der Waals surface area contributed by atoms with Crippen molar-refractivity contribution in [1.82, 2.24) is 5.43 Å². The van der Waals surface area contributed by atoms with E-state index in [-0.39, 0.29) is 0 Å². The lowest BCUT2D eigenvalue weighted by atomic mass is 9.86. The van der Waals surface area contributed by atoms with Crippen molar-refractivity contribution >= 4 is 11.8 Å². The third-order valence-electron chi connectivity index (χ3n) is 3.87. The first kappa shape index (κ1) is 11.4. The van der Waals surface area contributed by atoms with Crippen molar-refractivity contribution in [3.63, 3.8) is 0 Å². The summed E-state index contributed by atoms with van der Waals surface area (Å²) >= 11 is 0. The SMILES string of the molecule is CCOC(=O)N/N=C(/C)[C@@H]1C[C@@H]2CC[C@@H]1C2. The zero-order valence-electron chi connectivity index (χ0n) is 10.0. The van der Waals surface area contributed by atoms with Crippen molar-refractivity contribution in [2.24, 2.45) is 22.9 Å². The van der Waals surface area contributed by atoms with Crippen LogP contribution < -0.4 is 5.43 Å². The molecule has 16 heavy (non-hydrogen) atoms. The van der Waals surface area contributed by atoms with Crippen molar-refractivity contribution in [3.8, 4) is 0 Å². The molecule has 0 unspecified atom stereocenters. The molecule has 1 amide bonds. The monoisotopic (exact) mass is 224 g/mol. The fourth-order valence-electron chi connectivity index (χ4n) is 3.14. The fourth-order valence-corrected chi connectivity index (χ4v) is 3.14. The van der Waals surface area contributed by atoms with Gasteiger partial charge < -0.3 is 4.74 Å². The summed E-state index contributed by atoms with van der Waals surface area (Å²) in [5.41, 5.74) is 3.50. The van der Waals surface area contributed by atoms with Crippen LogP contribution in [0.5, 0.6) is 0 Å². The summed E-state index contributed by atoms with van der Waals surface area (Å²) in [6.45, 7) is 4.18. The molecule has 2 aliphatic carbocycles. The van der Waals surface area contributed by atoms with Crippen LogP contribution in [0.3, 0.4) is 0 Å². The van der Waals surface area contributed by atoms with Crippen LogP contribution in [0.4, 0.5) is 4.79 Å². The zero-order valence-corrected chi connectivity index (χ0v) is 10.0. The Kier molecular flexibility index (Phi) is 3.46. The Bertz CT molecular complexity index is 301. The number of hydrazone groups is 1. The normalized spacial score (nSPS) is 32.9. The molecule has 2 fully saturated rings. The summed E-state index contributed by atoms with van der Waals surface area (Å²) in [6.07, 6.45) is 4.88. The van der Waals surface area contributed by atoms with Gasteiger partial charge in [0.05, 0.1) is 6.61 Å². The predicted octanol–water partition coefficient (Wildman–Crippen LogP) is 2.54. The highest BCUT2D eigenvalue weighted by Crippen LogP contribution is 2.48. The summed E-state index contributed by atoms with van der Waals surface area (Å²) < 4.78 is 4.76. The molecule has 2 saturated carbocycles. The van der Waals surface area contributed by atoms with Crippen LogP contribution in [0, 0.1) is 17.8 Å². The van der Waals surface area contributed by atoms with E-state index >= 15 is 0 Å². The number of hydrogen-bond donors (Lipinski definition) is 1. The van der Waals surface area contributed by atoms with Crippen LogP contribution in [0.2, 0.25) is 0 Å². The average molecular weight is 224 g/mol. The third kappa shape index (κ3) is 2.36. The number of nitrogens with zero attached hydrogens (tertiary/aromatic N) is 1. The van der Waals surface area contributed by atoms with E-state index in [0.717, 1.165) is 17.5 Å². The van der Waals surface area contributed by atoms with Gasteiger partial charge in [0.25, 0.3) is 0 Å². The van der Waals surface area contributed by atoms with Crippen LogP contribution >= 0.6 is 0 Å². The van der Waals surface area contributed by atoms with Crippen molar-refractivity contribution in [2.45, 2.75) is 39.5 Å². The molecule has 1 N–H and O–H groups in total. The Hall–Kier alpha value is -1.06. The highest BCUT2D eigenvalue weighted by Gasteiger charge is 2.40. The third-order valence-corrected chi connectivity index (χ3v) is 3.87. The molecule has 0 spiro atoms. The van der Waals surface area contributed by atoms with E-state index in [1.54, 1.807) is 6.92 Å². The Morgan fingerprint density at radius 1 is 1.44 bits per heavy atom. The molecule has 0 heterocycles. The van der Waals surface area contributed by atoms with Crippen molar-refractivity contribution in [2.75, 3.05) is 6.61 Å². The lowest BCUT2D eigenvalue weighted by Crippen LogP contribution is -2.25. The lowest BCUT2D eigenvalue weighted by Gasteiger charge is -2.21. The van der Waals surface area contributed by atoms with E-state index in [4.69, 9.17) is 4.74 Å². The van der Waals surface area contributed by atoms with Crippen molar-refractivity contribution < 1.29 is 9.53 Å². The number of fused-ring (bicyclic) bond motifs is 2. The van der Waals surface area contributed by atoms with Gasteiger partial charge in [-0.1, -0.05) is 6.42 Å². The maximum absolute atomic E-state index is 11.1. The first-order valence-electron chi connectivity index (χ1n) is 6.17. The molecule has 0 aromatic rings. The van der Waals surface area contributed by atoms with E-state index in [2.05, 4.69) is 10.5 Å². The molecule has 0 saturated heterocycles. The topological polar surface area (TPSA) is 50.7 Å². The van der Waals surface area contributed by atoms with Crippen LogP contribution in [-0.2, 0) is 4.74 Å². The first-order valence-corrected chi connectivity index (χ1v) is 6.17. The molecule has 3 atom stereocenters. The number of carbonyl (C=O) groups excluding carboxylic acids is 1. The zero-order chi connectivity index (χ0) is 11.5. The summed E-state index contributed by atoms with van der Waals surface area (Å²) in [5, 5.41) is 4.14. The van der Waals surface area contributed by atoms with Crippen LogP contribution in [0.25, 0.3) is 0 Å². The number of rotatable bonds is 3. The van der Waals surface area contributed by atoms with Crippen molar-refractivity contribution in [3.05, 3.63) is 0 Å². The molecule has 90 valence electrons. The first-order chi connectivity index (χ1) is 7.70. The Morgan fingerprint density at radius 3 is 2.81 bits per heavy atom. The van der Waals surface area contributed by atoms with Gasteiger partial charge in [-0.15, -0.1) is 0 Å². The lowest BCUT2D eigenvalue weighted by molar-refractivity contribution is 0.152. The van der Waals surface area contributed by atoms with Gasteiger partial charge in [0.15, 0.2) is 0 Å². The quantitative estimate of drug-likeness (QED) is 0.591. The second-order valence-corrected chi connectivity index (χ2v) is 4.87. The summed E-state index contributed by atoms with van der Waals surface area (Å²) in [6, 6.07) is 0. The van der Waals surface area contributed by atoms with E-state index in [0.29, 0.717) is 12.5 Å². The minimum absolute atomic E-state index is 0.383. The number of hydrogen-bond acceptors (Lipinski definition) is 3. The Morgan fingerprint density at radius 2 is 2.25 bits per heavy atom. The van der Waals surface area contributed by atoms with Gasteiger partial charge in [-0.05, 0) is 44.9 Å². The molecule has 2 bridgehead atoms. The maximum atomic E-state index is 11.1. The molecule has 2 aliphatic rings. The number of amides is 1. The van der Waals surface area contributed by atoms with Gasteiger partial charge in [-0.25, -0.2) is 10.2 Å². The van der Waals surface area contributed by atoms with Gasteiger partial charge in [0.2, 0.25) is 0 Å². The Labute approximate surface area is 96.4 Å². The molecule has 0 radical (unpaired) electrons. The Balaban J connectivity index is 1.85. The smallest absolute Gasteiger partial charge is 0.427 e. The number of carbonyl (C=O) groups is 1. The maximum Gasteiger partial charge on any atom is 0.427 e. The molecule has 2 rings (SSSR count). The molecule has 0 aromatic carbocycles. The summed E-state index contributed by atoms with van der Waals surface area (Å²) in [5.74, 6) is 2.29. The van der Waals surface area contributed by atoms with E-state index in [1.165, 1.54) is 25.7 Å². The summed E-state index contributed by atoms with van der Waals surface area (Å²) in [7, 11) is 0. The van der Waals surface area contributed by atoms with Crippen LogP contribution in [0.15, 0.2) is 5.10 Å². The van der Waals surface area contributed by atoms with Crippen LogP contribution in [-0.4, -0.2) is 18.4 Å². The van der Waals surface area contributed by atoms with Gasteiger partial charge in [0.1, 0.15) is 0 Å². The van der Waals surface area contributed by atoms with Crippen molar-refractivity contribution in [1.29, 1.82) is 0 Å².